The van der Waals surface area contributed by atoms with E-state index in [0.29, 0.717) is 10.6 Å². The number of rotatable bonds is 4. The Labute approximate surface area is 125 Å². The SMILES string of the molecule is COc1cccc(Sc2ccc(C(F)(F)F)c(CN)c2)c1. The monoisotopic (exact) mass is 313 g/mol. The van der Waals surface area contributed by atoms with Crippen LogP contribution in [0, 0.1) is 0 Å². The smallest absolute Gasteiger partial charge is 0.416 e. The van der Waals surface area contributed by atoms with Gasteiger partial charge < -0.3 is 10.5 Å². The molecule has 0 amide bonds. The molecule has 6 heteroatoms. The number of methoxy groups -OCH3 is 1. The molecule has 0 atom stereocenters. The van der Waals surface area contributed by atoms with E-state index in [1.807, 2.05) is 24.3 Å². The van der Waals surface area contributed by atoms with Gasteiger partial charge in [-0.15, -0.1) is 0 Å². The Bertz CT molecular complexity index is 629. The van der Waals surface area contributed by atoms with E-state index >= 15 is 0 Å². The van der Waals surface area contributed by atoms with Crippen LogP contribution in [0.4, 0.5) is 13.2 Å². The van der Waals surface area contributed by atoms with Gasteiger partial charge in [0, 0.05) is 16.3 Å². The van der Waals surface area contributed by atoms with Crippen molar-refractivity contribution in [1.29, 1.82) is 0 Å². The summed E-state index contributed by atoms with van der Waals surface area (Å²) >= 11 is 1.36. The van der Waals surface area contributed by atoms with Gasteiger partial charge in [-0.2, -0.15) is 13.2 Å². The fourth-order valence-electron chi connectivity index (χ4n) is 1.88. The van der Waals surface area contributed by atoms with Crippen molar-refractivity contribution < 1.29 is 17.9 Å². The molecule has 2 aromatic rings. The van der Waals surface area contributed by atoms with Crippen molar-refractivity contribution in [2.24, 2.45) is 5.73 Å². The summed E-state index contributed by atoms with van der Waals surface area (Å²) in [6.45, 7) is -0.151. The predicted octanol–water partition coefficient (Wildman–Crippen LogP) is 4.32. The van der Waals surface area contributed by atoms with Crippen LogP contribution in [0.3, 0.4) is 0 Å². The Morgan fingerprint density at radius 3 is 2.43 bits per heavy atom. The van der Waals surface area contributed by atoms with Crippen LogP contribution in [-0.4, -0.2) is 7.11 Å². The Balaban J connectivity index is 2.29. The van der Waals surface area contributed by atoms with Crippen LogP contribution in [0.25, 0.3) is 0 Å². The molecule has 0 aliphatic heterocycles. The van der Waals surface area contributed by atoms with E-state index in [4.69, 9.17) is 10.5 Å². The third kappa shape index (κ3) is 3.92. The van der Waals surface area contributed by atoms with Crippen LogP contribution in [0.2, 0.25) is 0 Å². The summed E-state index contributed by atoms with van der Waals surface area (Å²) in [7, 11) is 1.56. The van der Waals surface area contributed by atoms with Gasteiger partial charge in [0.15, 0.2) is 0 Å². The van der Waals surface area contributed by atoms with Gasteiger partial charge in [0.25, 0.3) is 0 Å². The summed E-state index contributed by atoms with van der Waals surface area (Å²) in [4.78, 5) is 1.59. The largest absolute Gasteiger partial charge is 0.497 e. The summed E-state index contributed by atoms with van der Waals surface area (Å²) in [5, 5.41) is 0. The Morgan fingerprint density at radius 1 is 1.10 bits per heavy atom. The van der Waals surface area contributed by atoms with Gasteiger partial charge >= 0.3 is 6.18 Å². The van der Waals surface area contributed by atoms with Crippen LogP contribution < -0.4 is 10.5 Å². The molecule has 0 aliphatic rings. The first-order valence-corrected chi connectivity index (χ1v) is 6.98. The molecule has 0 unspecified atom stereocenters. The maximum atomic E-state index is 12.8. The van der Waals surface area contributed by atoms with E-state index < -0.39 is 11.7 Å². The maximum Gasteiger partial charge on any atom is 0.416 e. The zero-order valence-corrected chi connectivity index (χ0v) is 12.1. The van der Waals surface area contributed by atoms with Crippen molar-refractivity contribution in [2.75, 3.05) is 7.11 Å². The molecule has 0 fully saturated rings. The molecule has 0 spiro atoms. The highest BCUT2D eigenvalue weighted by Gasteiger charge is 2.32. The van der Waals surface area contributed by atoms with E-state index in [1.165, 1.54) is 23.9 Å². The first-order valence-electron chi connectivity index (χ1n) is 6.16. The van der Waals surface area contributed by atoms with Crippen molar-refractivity contribution in [2.45, 2.75) is 22.5 Å². The van der Waals surface area contributed by atoms with Gasteiger partial charge in [-0.05, 0) is 42.0 Å². The van der Waals surface area contributed by atoms with E-state index in [2.05, 4.69) is 0 Å². The number of benzene rings is 2. The topological polar surface area (TPSA) is 35.2 Å². The third-order valence-electron chi connectivity index (χ3n) is 2.88. The molecule has 0 aromatic heterocycles. The number of nitrogens with two attached hydrogens (primary N) is 1. The zero-order chi connectivity index (χ0) is 15.5. The van der Waals surface area contributed by atoms with Gasteiger partial charge in [-0.25, -0.2) is 0 Å². The fraction of sp³-hybridized carbons (Fsp3) is 0.200. The zero-order valence-electron chi connectivity index (χ0n) is 11.3. The lowest BCUT2D eigenvalue weighted by Crippen LogP contribution is -2.11. The lowest BCUT2D eigenvalue weighted by atomic mass is 10.1. The molecule has 112 valence electrons. The molecule has 0 saturated carbocycles. The van der Waals surface area contributed by atoms with E-state index in [9.17, 15) is 13.2 Å². The average molecular weight is 313 g/mol. The minimum atomic E-state index is -4.38. The van der Waals surface area contributed by atoms with Crippen molar-refractivity contribution in [1.82, 2.24) is 0 Å². The number of alkyl halides is 3. The number of hydrogen-bond donors (Lipinski definition) is 1. The first-order chi connectivity index (χ1) is 9.94. The maximum absolute atomic E-state index is 12.8. The van der Waals surface area contributed by atoms with Crippen molar-refractivity contribution in [3.8, 4) is 5.75 Å². The molecule has 2 N–H and O–H groups in total. The molecule has 0 heterocycles. The van der Waals surface area contributed by atoms with Gasteiger partial charge in [0.05, 0.1) is 12.7 Å². The summed E-state index contributed by atoms with van der Waals surface area (Å²) in [5.74, 6) is 0.700. The molecule has 0 aliphatic carbocycles. The highest BCUT2D eigenvalue weighted by molar-refractivity contribution is 7.99. The molecule has 0 saturated heterocycles. The minimum absolute atomic E-state index is 0.0930. The quantitative estimate of drug-likeness (QED) is 0.913. The summed E-state index contributed by atoms with van der Waals surface area (Å²) in [5.41, 5.74) is 4.84. The van der Waals surface area contributed by atoms with Gasteiger partial charge in [-0.1, -0.05) is 17.8 Å². The molecule has 2 aromatic carbocycles. The van der Waals surface area contributed by atoms with Crippen molar-refractivity contribution in [3.63, 3.8) is 0 Å². The molecular weight excluding hydrogens is 299 g/mol. The standard InChI is InChI=1S/C15H14F3NOS/c1-20-11-3-2-4-12(8-11)21-13-5-6-14(15(16,17)18)10(7-13)9-19/h2-8H,9,19H2,1H3. The normalized spacial score (nSPS) is 11.5. The lowest BCUT2D eigenvalue weighted by molar-refractivity contribution is -0.138. The number of halogens is 3. The van der Waals surface area contributed by atoms with Crippen LogP contribution in [0.15, 0.2) is 52.3 Å². The van der Waals surface area contributed by atoms with Gasteiger partial charge in [0.1, 0.15) is 5.75 Å². The summed E-state index contributed by atoms with van der Waals surface area (Å²) < 4.78 is 43.6. The third-order valence-corrected chi connectivity index (χ3v) is 3.86. The molecule has 0 bridgehead atoms. The van der Waals surface area contributed by atoms with Crippen LogP contribution >= 0.6 is 11.8 Å². The second-order valence-electron chi connectivity index (χ2n) is 4.30. The molecule has 0 radical (unpaired) electrons. The van der Waals surface area contributed by atoms with Crippen LogP contribution in [-0.2, 0) is 12.7 Å². The Hall–Kier alpha value is -1.66. The number of hydrogen-bond acceptors (Lipinski definition) is 3. The second-order valence-corrected chi connectivity index (χ2v) is 5.45. The van der Waals surface area contributed by atoms with E-state index in [-0.39, 0.29) is 12.1 Å². The van der Waals surface area contributed by atoms with E-state index in [1.54, 1.807) is 7.11 Å². The van der Waals surface area contributed by atoms with Gasteiger partial charge in [0.2, 0.25) is 0 Å². The molecule has 21 heavy (non-hydrogen) atoms. The van der Waals surface area contributed by atoms with Crippen molar-refractivity contribution in [3.05, 3.63) is 53.6 Å². The fourth-order valence-corrected chi connectivity index (χ4v) is 2.81. The van der Waals surface area contributed by atoms with Crippen LogP contribution in [0.1, 0.15) is 11.1 Å². The van der Waals surface area contributed by atoms with Gasteiger partial charge in [-0.3, -0.25) is 0 Å². The van der Waals surface area contributed by atoms with Crippen LogP contribution in [0.5, 0.6) is 5.75 Å². The first kappa shape index (κ1) is 15.7. The summed E-state index contributed by atoms with van der Waals surface area (Å²) in [6.07, 6.45) is -4.38. The summed E-state index contributed by atoms with van der Waals surface area (Å²) in [6, 6.07) is 11.3. The molecule has 2 rings (SSSR count). The highest BCUT2D eigenvalue weighted by atomic mass is 32.2. The van der Waals surface area contributed by atoms with Crippen molar-refractivity contribution >= 4 is 11.8 Å². The van der Waals surface area contributed by atoms with E-state index in [0.717, 1.165) is 11.0 Å². The highest BCUT2D eigenvalue weighted by Crippen LogP contribution is 2.36. The molecule has 2 nitrogen and oxygen atoms in total. The molecular formula is C15H14F3NOS. The Morgan fingerprint density at radius 2 is 1.81 bits per heavy atom. The lowest BCUT2D eigenvalue weighted by Gasteiger charge is -2.13. The second kappa shape index (κ2) is 6.41. The Kier molecular flexibility index (Phi) is 4.80. The minimum Gasteiger partial charge on any atom is -0.497 e. The number of ether oxygens (including phenoxy) is 1. The average Bonchev–Trinajstić information content (AvgIpc) is 2.46. The predicted molar refractivity (Wildman–Crippen MR) is 76.5 cm³/mol.